The molecule has 4 N–H and O–H groups in total. The molecule has 0 aliphatic carbocycles. The van der Waals surface area contributed by atoms with Gasteiger partial charge in [-0.15, -0.1) is 0 Å². The number of nitrogens with two attached hydrogens (primary N) is 1. The standard InChI is InChI=1S/C10H13N5O3/c11-8-7-9(13-3-12-8)15(4-14-7)10-6(17)1-5(2-16)18-10/h3-6,10,16-17H,1-2H2,(H2,11,12,13)/t5-,6-,10-/m1/s1. The van der Waals surface area contributed by atoms with Crippen molar-refractivity contribution in [3.63, 3.8) is 0 Å². The fourth-order valence-electron chi connectivity index (χ4n) is 2.15. The predicted octanol–water partition coefficient (Wildman–Crippen LogP) is -0.951. The van der Waals surface area contributed by atoms with Gasteiger partial charge in [-0.3, -0.25) is 4.57 Å². The molecular formula is C10H13N5O3. The maximum absolute atomic E-state index is 9.93. The number of aliphatic hydroxyl groups excluding tert-OH is 2. The number of imidazole rings is 1. The van der Waals surface area contributed by atoms with Gasteiger partial charge in [0.1, 0.15) is 17.9 Å². The maximum atomic E-state index is 9.93. The summed E-state index contributed by atoms with van der Waals surface area (Å²) >= 11 is 0. The van der Waals surface area contributed by atoms with E-state index in [0.717, 1.165) is 0 Å². The Labute approximate surface area is 102 Å². The minimum absolute atomic E-state index is 0.128. The van der Waals surface area contributed by atoms with Gasteiger partial charge in [0, 0.05) is 6.42 Å². The van der Waals surface area contributed by atoms with E-state index in [-0.39, 0.29) is 18.5 Å². The van der Waals surface area contributed by atoms with Crippen molar-refractivity contribution < 1.29 is 14.9 Å². The molecule has 8 heteroatoms. The first-order valence-electron chi connectivity index (χ1n) is 5.58. The van der Waals surface area contributed by atoms with E-state index in [1.165, 1.54) is 12.7 Å². The van der Waals surface area contributed by atoms with Crippen molar-refractivity contribution in [2.45, 2.75) is 24.9 Å². The van der Waals surface area contributed by atoms with Crippen molar-refractivity contribution in [1.82, 2.24) is 19.5 Å². The zero-order valence-electron chi connectivity index (χ0n) is 9.47. The van der Waals surface area contributed by atoms with Crippen molar-refractivity contribution in [2.75, 3.05) is 12.3 Å². The molecule has 0 spiro atoms. The molecule has 1 fully saturated rings. The summed E-state index contributed by atoms with van der Waals surface area (Å²) in [6.45, 7) is -0.128. The topological polar surface area (TPSA) is 119 Å². The van der Waals surface area contributed by atoms with Gasteiger partial charge in [0.2, 0.25) is 0 Å². The molecule has 3 rings (SSSR count). The lowest BCUT2D eigenvalue weighted by molar-refractivity contribution is -0.0486. The van der Waals surface area contributed by atoms with Gasteiger partial charge in [0.15, 0.2) is 17.7 Å². The van der Waals surface area contributed by atoms with Crippen molar-refractivity contribution >= 4 is 17.0 Å². The lowest BCUT2D eigenvalue weighted by Gasteiger charge is -2.16. The van der Waals surface area contributed by atoms with Crippen LogP contribution in [0.3, 0.4) is 0 Å². The van der Waals surface area contributed by atoms with Crippen molar-refractivity contribution in [3.8, 4) is 0 Å². The quantitative estimate of drug-likeness (QED) is 0.629. The highest BCUT2D eigenvalue weighted by Crippen LogP contribution is 2.31. The van der Waals surface area contributed by atoms with Crippen LogP contribution >= 0.6 is 0 Å². The number of nitrogen functional groups attached to an aromatic ring is 1. The minimum Gasteiger partial charge on any atom is -0.394 e. The Morgan fingerprint density at radius 2 is 2.28 bits per heavy atom. The van der Waals surface area contributed by atoms with Crippen LogP contribution in [0.15, 0.2) is 12.7 Å². The van der Waals surface area contributed by atoms with Crippen LogP contribution in [-0.4, -0.2) is 48.5 Å². The van der Waals surface area contributed by atoms with E-state index in [0.29, 0.717) is 17.6 Å². The fraction of sp³-hybridized carbons (Fsp3) is 0.500. The van der Waals surface area contributed by atoms with Crippen LogP contribution in [0.1, 0.15) is 12.6 Å². The van der Waals surface area contributed by atoms with Crippen LogP contribution in [0.5, 0.6) is 0 Å². The van der Waals surface area contributed by atoms with Crippen molar-refractivity contribution in [1.29, 1.82) is 0 Å². The largest absolute Gasteiger partial charge is 0.394 e. The fourth-order valence-corrected chi connectivity index (χ4v) is 2.15. The summed E-state index contributed by atoms with van der Waals surface area (Å²) in [6.07, 6.45) is 1.52. The molecule has 0 aromatic carbocycles. The summed E-state index contributed by atoms with van der Waals surface area (Å²) < 4.78 is 7.14. The number of fused-ring (bicyclic) bond motifs is 1. The molecule has 2 aromatic rings. The molecule has 3 atom stereocenters. The Hall–Kier alpha value is -1.77. The zero-order valence-corrected chi connectivity index (χ0v) is 9.47. The van der Waals surface area contributed by atoms with Crippen LogP contribution in [0.4, 0.5) is 5.82 Å². The van der Waals surface area contributed by atoms with Gasteiger partial charge in [-0.25, -0.2) is 15.0 Å². The number of hydrogen-bond donors (Lipinski definition) is 3. The maximum Gasteiger partial charge on any atom is 0.167 e. The van der Waals surface area contributed by atoms with Gasteiger partial charge >= 0.3 is 0 Å². The SMILES string of the molecule is Nc1ncnc2c1ncn2[C@@H]1O[C@@H](CO)C[C@H]1O. The predicted molar refractivity (Wildman–Crippen MR) is 61.4 cm³/mol. The summed E-state index contributed by atoms with van der Waals surface area (Å²) in [6, 6.07) is 0. The lowest BCUT2D eigenvalue weighted by atomic mass is 10.2. The highest BCUT2D eigenvalue weighted by atomic mass is 16.5. The van der Waals surface area contributed by atoms with Crippen LogP contribution in [0.2, 0.25) is 0 Å². The third kappa shape index (κ3) is 1.62. The molecule has 0 unspecified atom stereocenters. The molecule has 0 amide bonds. The lowest BCUT2D eigenvalue weighted by Crippen LogP contribution is -2.19. The first-order valence-corrected chi connectivity index (χ1v) is 5.58. The van der Waals surface area contributed by atoms with E-state index in [2.05, 4.69) is 15.0 Å². The first kappa shape index (κ1) is 11.3. The van der Waals surface area contributed by atoms with Gasteiger partial charge < -0.3 is 20.7 Å². The molecule has 8 nitrogen and oxygen atoms in total. The Kier molecular flexibility index (Phi) is 2.62. The highest BCUT2D eigenvalue weighted by Gasteiger charge is 2.35. The molecule has 2 aromatic heterocycles. The van der Waals surface area contributed by atoms with E-state index in [1.807, 2.05) is 0 Å². The van der Waals surface area contributed by atoms with Gasteiger partial charge in [0.05, 0.1) is 19.0 Å². The third-order valence-corrected chi connectivity index (χ3v) is 3.03. The van der Waals surface area contributed by atoms with Crippen LogP contribution in [0.25, 0.3) is 11.2 Å². The number of nitrogens with zero attached hydrogens (tertiary/aromatic N) is 4. The number of aliphatic hydroxyl groups is 2. The summed E-state index contributed by atoms with van der Waals surface area (Å²) in [5.41, 5.74) is 6.66. The number of rotatable bonds is 2. The van der Waals surface area contributed by atoms with Gasteiger partial charge in [0.25, 0.3) is 0 Å². The molecule has 1 saturated heterocycles. The van der Waals surface area contributed by atoms with Gasteiger partial charge in [-0.2, -0.15) is 0 Å². The number of hydrogen-bond acceptors (Lipinski definition) is 7. The van der Waals surface area contributed by atoms with Crippen LogP contribution < -0.4 is 5.73 Å². The Bertz CT molecular complexity index is 572. The van der Waals surface area contributed by atoms with E-state index < -0.39 is 12.3 Å². The second kappa shape index (κ2) is 4.16. The summed E-state index contributed by atoms with van der Waals surface area (Å²) in [5, 5.41) is 19.0. The normalized spacial score (nSPS) is 28.0. The third-order valence-electron chi connectivity index (χ3n) is 3.03. The summed E-state index contributed by atoms with van der Waals surface area (Å²) in [4.78, 5) is 12.0. The van der Waals surface area contributed by atoms with Crippen molar-refractivity contribution in [2.24, 2.45) is 0 Å². The second-order valence-electron chi connectivity index (χ2n) is 4.22. The number of anilines is 1. The average molecular weight is 251 g/mol. The summed E-state index contributed by atoms with van der Waals surface area (Å²) in [7, 11) is 0. The molecule has 96 valence electrons. The van der Waals surface area contributed by atoms with Gasteiger partial charge in [-0.05, 0) is 0 Å². The molecule has 0 bridgehead atoms. The monoisotopic (exact) mass is 251 g/mol. The smallest absolute Gasteiger partial charge is 0.167 e. The average Bonchev–Trinajstić information content (AvgIpc) is 2.93. The second-order valence-corrected chi connectivity index (χ2v) is 4.22. The minimum atomic E-state index is -0.712. The zero-order chi connectivity index (χ0) is 12.7. The molecular weight excluding hydrogens is 238 g/mol. The van der Waals surface area contributed by atoms with Crippen molar-refractivity contribution in [3.05, 3.63) is 12.7 Å². The van der Waals surface area contributed by atoms with Gasteiger partial charge in [-0.1, -0.05) is 0 Å². The Morgan fingerprint density at radius 1 is 1.44 bits per heavy atom. The molecule has 18 heavy (non-hydrogen) atoms. The van der Waals surface area contributed by atoms with E-state index in [4.69, 9.17) is 15.6 Å². The summed E-state index contributed by atoms with van der Waals surface area (Å²) in [5.74, 6) is 0.282. The molecule has 0 radical (unpaired) electrons. The molecule has 1 aliphatic heterocycles. The Balaban J connectivity index is 2.02. The van der Waals surface area contributed by atoms with E-state index in [9.17, 15) is 5.11 Å². The van der Waals surface area contributed by atoms with E-state index in [1.54, 1.807) is 4.57 Å². The number of ether oxygens (including phenoxy) is 1. The van der Waals surface area contributed by atoms with E-state index >= 15 is 0 Å². The molecule has 0 saturated carbocycles. The number of aromatic nitrogens is 4. The van der Waals surface area contributed by atoms with Crippen LogP contribution in [0, 0.1) is 0 Å². The van der Waals surface area contributed by atoms with Crippen LogP contribution in [-0.2, 0) is 4.74 Å². The molecule has 3 heterocycles. The molecule has 1 aliphatic rings. The first-order chi connectivity index (χ1) is 8.70. The highest BCUT2D eigenvalue weighted by molar-refractivity contribution is 5.81. The Morgan fingerprint density at radius 3 is 3.00 bits per heavy atom.